The Kier molecular flexibility index (Phi) is 4.77. The van der Waals surface area contributed by atoms with Gasteiger partial charge < -0.3 is 10.6 Å². The van der Waals surface area contributed by atoms with Gasteiger partial charge in [0.15, 0.2) is 5.69 Å². The van der Waals surface area contributed by atoms with E-state index < -0.39 is 0 Å². The lowest BCUT2D eigenvalue weighted by Crippen LogP contribution is -2.53. The van der Waals surface area contributed by atoms with E-state index in [1.807, 2.05) is 18.7 Å². The molecule has 1 unspecified atom stereocenters. The Hall–Kier alpha value is -1.69. The van der Waals surface area contributed by atoms with Crippen molar-refractivity contribution in [3.63, 3.8) is 0 Å². The van der Waals surface area contributed by atoms with Crippen molar-refractivity contribution in [3.8, 4) is 0 Å². The number of piperazine rings is 1. The van der Waals surface area contributed by atoms with Crippen molar-refractivity contribution >= 4 is 11.6 Å². The highest BCUT2D eigenvalue weighted by molar-refractivity contribution is 5.97. The monoisotopic (exact) mass is 291 g/mol. The van der Waals surface area contributed by atoms with Gasteiger partial charge in [-0.05, 0) is 13.5 Å². The van der Waals surface area contributed by atoms with Crippen molar-refractivity contribution in [2.75, 3.05) is 32.4 Å². The molecule has 0 spiro atoms. The molecule has 2 rings (SSSR count). The maximum Gasteiger partial charge on any atom is 0.274 e. The van der Waals surface area contributed by atoms with E-state index in [1.54, 1.807) is 6.20 Å². The number of hydrogen-bond acceptors (Lipinski definition) is 5. The summed E-state index contributed by atoms with van der Waals surface area (Å²) in [7, 11) is 2.10. The highest BCUT2D eigenvalue weighted by Gasteiger charge is 2.28. The summed E-state index contributed by atoms with van der Waals surface area (Å²) in [4.78, 5) is 25.4. The Bertz CT molecular complexity index is 517. The van der Waals surface area contributed by atoms with Crippen LogP contribution in [0.15, 0.2) is 6.20 Å². The summed E-state index contributed by atoms with van der Waals surface area (Å²) in [6.07, 6.45) is 2.57. The number of likely N-dealkylation sites (N-methyl/N-ethyl adjacent to an activating group) is 1. The molecule has 0 aliphatic carbocycles. The van der Waals surface area contributed by atoms with Gasteiger partial charge in [-0.2, -0.15) is 0 Å². The van der Waals surface area contributed by atoms with Crippen molar-refractivity contribution < 1.29 is 4.79 Å². The quantitative estimate of drug-likeness (QED) is 0.909. The molecule has 0 bridgehead atoms. The number of amides is 1. The molecule has 21 heavy (non-hydrogen) atoms. The predicted molar refractivity (Wildman–Crippen MR) is 83.1 cm³/mol. The van der Waals surface area contributed by atoms with Gasteiger partial charge >= 0.3 is 0 Å². The van der Waals surface area contributed by atoms with Gasteiger partial charge in [0.1, 0.15) is 5.82 Å². The lowest BCUT2D eigenvalue weighted by molar-refractivity contribution is 0.0537. The van der Waals surface area contributed by atoms with Gasteiger partial charge in [0.05, 0.1) is 11.9 Å². The maximum absolute atomic E-state index is 12.7. The molecule has 2 N–H and O–H groups in total. The van der Waals surface area contributed by atoms with Crippen LogP contribution >= 0.6 is 0 Å². The minimum Gasteiger partial charge on any atom is -0.396 e. The van der Waals surface area contributed by atoms with Gasteiger partial charge in [-0.15, -0.1) is 0 Å². The molecular weight excluding hydrogens is 266 g/mol. The summed E-state index contributed by atoms with van der Waals surface area (Å²) in [5.74, 6) is 0.755. The van der Waals surface area contributed by atoms with Gasteiger partial charge in [-0.1, -0.05) is 20.8 Å². The third kappa shape index (κ3) is 3.32. The average Bonchev–Trinajstić information content (AvgIpc) is 2.47. The highest BCUT2D eigenvalue weighted by Crippen LogP contribution is 2.18. The highest BCUT2D eigenvalue weighted by atomic mass is 16.2. The Labute approximate surface area is 126 Å². The summed E-state index contributed by atoms with van der Waals surface area (Å²) < 4.78 is 0. The fraction of sp³-hybridized carbons (Fsp3) is 0.667. The lowest BCUT2D eigenvalue weighted by Gasteiger charge is -2.39. The molecule has 0 radical (unpaired) electrons. The van der Waals surface area contributed by atoms with Gasteiger partial charge in [0.25, 0.3) is 5.91 Å². The van der Waals surface area contributed by atoms with E-state index in [2.05, 4.69) is 28.8 Å². The Morgan fingerprint density at radius 2 is 2.19 bits per heavy atom. The zero-order valence-corrected chi connectivity index (χ0v) is 13.3. The lowest BCUT2D eigenvalue weighted by atomic mass is 10.1. The number of rotatable bonds is 3. The molecule has 0 saturated carbocycles. The zero-order chi connectivity index (χ0) is 15.6. The average molecular weight is 291 g/mol. The molecule has 1 amide bonds. The van der Waals surface area contributed by atoms with E-state index in [0.717, 1.165) is 19.5 Å². The van der Waals surface area contributed by atoms with Crippen LogP contribution in [0.1, 0.15) is 49.4 Å². The molecule has 2 heterocycles. The van der Waals surface area contributed by atoms with Crippen LogP contribution < -0.4 is 5.73 Å². The Morgan fingerprint density at radius 3 is 2.81 bits per heavy atom. The third-order valence-corrected chi connectivity index (χ3v) is 4.09. The van der Waals surface area contributed by atoms with E-state index in [9.17, 15) is 4.79 Å². The third-order valence-electron chi connectivity index (χ3n) is 4.09. The number of anilines is 1. The molecule has 6 nitrogen and oxygen atoms in total. The van der Waals surface area contributed by atoms with E-state index in [1.165, 1.54) is 0 Å². The molecule has 1 aromatic heterocycles. The van der Waals surface area contributed by atoms with E-state index in [4.69, 9.17) is 5.73 Å². The van der Waals surface area contributed by atoms with E-state index in [-0.39, 0.29) is 11.8 Å². The molecule has 1 atom stereocenters. The van der Waals surface area contributed by atoms with Crippen LogP contribution in [0.3, 0.4) is 0 Å². The fourth-order valence-electron chi connectivity index (χ4n) is 2.58. The molecule has 0 aromatic carbocycles. The number of nitrogens with zero attached hydrogens (tertiary/aromatic N) is 4. The zero-order valence-electron chi connectivity index (χ0n) is 13.3. The predicted octanol–water partition coefficient (Wildman–Crippen LogP) is 1.35. The molecule has 6 heteroatoms. The number of aromatic nitrogens is 2. The standard InChI is InChI=1S/C15H25N5O/c1-5-11-9-20(7-6-19(11)4)15(21)13-12(16)8-17-14(18-13)10(2)3/h8,10-11H,5-7,9,16H2,1-4H3. The first-order chi connectivity index (χ1) is 9.93. The number of carbonyl (C=O) groups excluding carboxylic acids is 1. The van der Waals surface area contributed by atoms with Crippen LogP contribution in [0.25, 0.3) is 0 Å². The van der Waals surface area contributed by atoms with Crippen molar-refractivity contribution in [1.82, 2.24) is 19.8 Å². The summed E-state index contributed by atoms with van der Waals surface area (Å²) in [6.45, 7) is 8.47. The normalized spacial score (nSPS) is 20.0. The van der Waals surface area contributed by atoms with Crippen LogP contribution in [0.5, 0.6) is 0 Å². The van der Waals surface area contributed by atoms with Crippen LogP contribution in [0.2, 0.25) is 0 Å². The first kappa shape index (κ1) is 15.7. The molecule has 1 saturated heterocycles. The van der Waals surface area contributed by atoms with Gasteiger partial charge in [0.2, 0.25) is 0 Å². The second-order valence-corrected chi connectivity index (χ2v) is 5.98. The summed E-state index contributed by atoms with van der Waals surface area (Å²) in [6, 6.07) is 0.398. The largest absolute Gasteiger partial charge is 0.396 e. The molecule has 1 fully saturated rings. The van der Waals surface area contributed by atoms with Crippen LogP contribution in [-0.4, -0.2) is 58.4 Å². The second kappa shape index (κ2) is 6.39. The Morgan fingerprint density at radius 1 is 1.48 bits per heavy atom. The van der Waals surface area contributed by atoms with E-state index in [0.29, 0.717) is 29.8 Å². The van der Waals surface area contributed by atoms with Crippen molar-refractivity contribution in [3.05, 3.63) is 17.7 Å². The maximum atomic E-state index is 12.7. The second-order valence-electron chi connectivity index (χ2n) is 5.98. The first-order valence-electron chi connectivity index (χ1n) is 7.56. The van der Waals surface area contributed by atoms with E-state index >= 15 is 0 Å². The summed E-state index contributed by atoms with van der Waals surface area (Å²) >= 11 is 0. The van der Waals surface area contributed by atoms with Crippen LogP contribution in [0, 0.1) is 0 Å². The first-order valence-corrected chi connectivity index (χ1v) is 7.56. The van der Waals surface area contributed by atoms with Crippen molar-refractivity contribution in [2.45, 2.75) is 39.2 Å². The number of nitrogen functional groups attached to an aromatic ring is 1. The van der Waals surface area contributed by atoms with Gasteiger partial charge in [-0.25, -0.2) is 9.97 Å². The SMILES string of the molecule is CCC1CN(C(=O)c2nc(C(C)C)ncc2N)CCN1C. The summed E-state index contributed by atoms with van der Waals surface area (Å²) in [5, 5.41) is 0. The number of carbonyl (C=O) groups is 1. The van der Waals surface area contributed by atoms with Crippen molar-refractivity contribution in [1.29, 1.82) is 0 Å². The molecule has 1 aromatic rings. The number of nitrogens with two attached hydrogens (primary N) is 1. The fourth-order valence-corrected chi connectivity index (χ4v) is 2.58. The van der Waals surface area contributed by atoms with Crippen molar-refractivity contribution in [2.24, 2.45) is 0 Å². The molecule has 1 aliphatic heterocycles. The van der Waals surface area contributed by atoms with Crippen LogP contribution in [-0.2, 0) is 0 Å². The minimum atomic E-state index is -0.0802. The molecule has 1 aliphatic rings. The Balaban J connectivity index is 2.22. The number of hydrogen-bond donors (Lipinski definition) is 1. The smallest absolute Gasteiger partial charge is 0.274 e. The van der Waals surface area contributed by atoms with Gasteiger partial charge in [-0.3, -0.25) is 9.69 Å². The molecule has 116 valence electrons. The summed E-state index contributed by atoms with van der Waals surface area (Å²) in [5.41, 5.74) is 6.61. The topological polar surface area (TPSA) is 75.3 Å². The molecular formula is C15H25N5O. The minimum absolute atomic E-state index is 0.0802. The van der Waals surface area contributed by atoms with Crippen LogP contribution in [0.4, 0.5) is 5.69 Å². The van der Waals surface area contributed by atoms with Gasteiger partial charge in [0, 0.05) is 31.6 Å².